The number of anilines is 1. The average molecular weight is 233 g/mol. The molecule has 1 aromatic rings. The van der Waals surface area contributed by atoms with Crippen molar-refractivity contribution >= 4 is 11.7 Å². The molecule has 0 saturated carbocycles. The van der Waals surface area contributed by atoms with Crippen molar-refractivity contribution in [2.75, 3.05) is 18.0 Å². The number of carboxylic acids is 1. The monoisotopic (exact) mass is 233 g/mol. The highest BCUT2D eigenvalue weighted by Gasteiger charge is 2.09. The third kappa shape index (κ3) is 3.94. The summed E-state index contributed by atoms with van der Waals surface area (Å²) in [5.41, 5.74) is 3.42. The summed E-state index contributed by atoms with van der Waals surface area (Å²) >= 11 is 0. The molecule has 0 unspecified atom stereocenters. The Bertz CT molecular complexity index is 413. The van der Waals surface area contributed by atoms with E-state index in [1.165, 1.54) is 5.56 Å². The van der Waals surface area contributed by atoms with Gasteiger partial charge in [0.15, 0.2) is 0 Å². The molecule has 0 aromatic heterocycles. The molecule has 3 nitrogen and oxygen atoms in total. The summed E-state index contributed by atoms with van der Waals surface area (Å²) in [6.07, 6.45) is 1.94. The molecule has 0 bridgehead atoms. The molecule has 1 N–H and O–H groups in total. The number of nitrogens with zero attached hydrogens (tertiary/aromatic N) is 1. The molecule has 0 aliphatic heterocycles. The summed E-state index contributed by atoms with van der Waals surface area (Å²) < 4.78 is 0. The molecule has 17 heavy (non-hydrogen) atoms. The van der Waals surface area contributed by atoms with E-state index in [1.807, 2.05) is 18.7 Å². The van der Waals surface area contributed by atoms with Gasteiger partial charge in [-0.05, 0) is 31.0 Å². The number of carboxylic acid groups (broad SMARTS) is 1. The molecular weight excluding hydrogens is 214 g/mol. The highest BCUT2D eigenvalue weighted by atomic mass is 16.4. The number of carbonyl (C=O) groups is 1. The van der Waals surface area contributed by atoms with Crippen LogP contribution in [0.1, 0.15) is 17.5 Å². The van der Waals surface area contributed by atoms with Gasteiger partial charge in [-0.2, -0.15) is 0 Å². The van der Waals surface area contributed by atoms with E-state index in [1.54, 1.807) is 6.08 Å². The van der Waals surface area contributed by atoms with Gasteiger partial charge >= 0.3 is 5.97 Å². The van der Waals surface area contributed by atoms with Crippen LogP contribution in [0.15, 0.2) is 30.9 Å². The first-order chi connectivity index (χ1) is 8.04. The van der Waals surface area contributed by atoms with Crippen molar-refractivity contribution in [3.05, 3.63) is 42.0 Å². The lowest BCUT2D eigenvalue weighted by atomic mass is 10.1. The number of hydrogen-bond donors (Lipinski definition) is 1. The zero-order valence-electron chi connectivity index (χ0n) is 10.4. The normalized spacial score (nSPS) is 10.0. The molecule has 0 fully saturated rings. The molecule has 0 spiro atoms. The molecule has 1 rings (SSSR count). The van der Waals surface area contributed by atoms with Crippen molar-refractivity contribution in [2.45, 2.75) is 20.3 Å². The van der Waals surface area contributed by atoms with Crippen LogP contribution in [-0.2, 0) is 4.79 Å². The molecule has 1 aromatic carbocycles. The Balaban J connectivity index is 2.91. The Morgan fingerprint density at radius 2 is 2.18 bits per heavy atom. The van der Waals surface area contributed by atoms with Crippen LogP contribution in [0.3, 0.4) is 0 Å². The Kier molecular flexibility index (Phi) is 4.76. The second-order valence-corrected chi connectivity index (χ2v) is 4.17. The van der Waals surface area contributed by atoms with Crippen LogP contribution >= 0.6 is 0 Å². The SMILES string of the molecule is C=CCN(CCC(=O)O)c1cc(C)ccc1C. The molecule has 0 aliphatic carbocycles. The van der Waals surface area contributed by atoms with Gasteiger partial charge in [0.2, 0.25) is 0 Å². The van der Waals surface area contributed by atoms with Crippen LogP contribution < -0.4 is 4.90 Å². The van der Waals surface area contributed by atoms with Crippen molar-refractivity contribution in [1.29, 1.82) is 0 Å². The number of hydrogen-bond acceptors (Lipinski definition) is 2. The Hall–Kier alpha value is -1.77. The van der Waals surface area contributed by atoms with Gasteiger partial charge in [0, 0.05) is 18.8 Å². The standard InChI is InChI=1S/C14H19NO2/c1-4-8-15(9-7-14(16)17)13-10-11(2)5-6-12(13)3/h4-6,10H,1,7-9H2,2-3H3,(H,16,17). The van der Waals surface area contributed by atoms with E-state index >= 15 is 0 Å². The van der Waals surface area contributed by atoms with Crippen LogP contribution in [-0.4, -0.2) is 24.2 Å². The number of aryl methyl sites for hydroxylation is 2. The van der Waals surface area contributed by atoms with Gasteiger partial charge in [0.05, 0.1) is 6.42 Å². The second kappa shape index (κ2) is 6.09. The van der Waals surface area contributed by atoms with E-state index in [0.29, 0.717) is 13.1 Å². The Morgan fingerprint density at radius 3 is 2.76 bits per heavy atom. The average Bonchev–Trinajstić information content (AvgIpc) is 2.27. The van der Waals surface area contributed by atoms with E-state index in [4.69, 9.17) is 5.11 Å². The molecular formula is C14H19NO2. The maximum Gasteiger partial charge on any atom is 0.305 e. The molecule has 0 radical (unpaired) electrons. The van der Waals surface area contributed by atoms with Crippen molar-refractivity contribution < 1.29 is 9.90 Å². The summed E-state index contributed by atoms with van der Waals surface area (Å²) in [5, 5.41) is 8.75. The third-order valence-corrected chi connectivity index (χ3v) is 2.65. The Morgan fingerprint density at radius 1 is 1.47 bits per heavy atom. The van der Waals surface area contributed by atoms with Gasteiger partial charge in [-0.25, -0.2) is 0 Å². The largest absolute Gasteiger partial charge is 0.481 e. The van der Waals surface area contributed by atoms with Gasteiger partial charge in [0.25, 0.3) is 0 Å². The quantitative estimate of drug-likeness (QED) is 0.768. The maximum atomic E-state index is 10.6. The molecule has 0 atom stereocenters. The predicted molar refractivity (Wildman–Crippen MR) is 70.6 cm³/mol. The maximum absolute atomic E-state index is 10.6. The molecule has 0 amide bonds. The van der Waals surface area contributed by atoms with Gasteiger partial charge in [-0.15, -0.1) is 6.58 Å². The topological polar surface area (TPSA) is 40.5 Å². The van der Waals surface area contributed by atoms with Gasteiger partial charge in [0.1, 0.15) is 0 Å². The first-order valence-corrected chi connectivity index (χ1v) is 5.69. The van der Waals surface area contributed by atoms with E-state index in [9.17, 15) is 4.79 Å². The highest BCUT2D eigenvalue weighted by molar-refractivity contribution is 5.68. The molecule has 0 saturated heterocycles. The minimum atomic E-state index is -0.774. The lowest BCUT2D eigenvalue weighted by molar-refractivity contribution is -0.136. The van der Waals surface area contributed by atoms with Crippen LogP contribution in [0.2, 0.25) is 0 Å². The number of benzene rings is 1. The summed E-state index contributed by atoms with van der Waals surface area (Å²) in [5.74, 6) is -0.774. The van der Waals surface area contributed by atoms with Crippen LogP contribution in [0.5, 0.6) is 0 Å². The van der Waals surface area contributed by atoms with Crippen molar-refractivity contribution in [3.8, 4) is 0 Å². The minimum Gasteiger partial charge on any atom is -0.481 e. The van der Waals surface area contributed by atoms with E-state index in [-0.39, 0.29) is 6.42 Å². The van der Waals surface area contributed by atoms with Gasteiger partial charge in [-0.3, -0.25) is 4.79 Å². The summed E-state index contributed by atoms with van der Waals surface area (Å²) in [7, 11) is 0. The summed E-state index contributed by atoms with van der Waals surface area (Å²) in [6, 6.07) is 6.20. The predicted octanol–water partition coefficient (Wildman–Crippen LogP) is 2.77. The van der Waals surface area contributed by atoms with Crippen LogP contribution in [0.4, 0.5) is 5.69 Å². The van der Waals surface area contributed by atoms with Crippen molar-refractivity contribution in [1.82, 2.24) is 0 Å². The number of aliphatic carboxylic acids is 1. The van der Waals surface area contributed by atoms with E-state index in [0.717, 1.165) is 11.3 Å². The lowest BCUT2D eigenvalue weighted by Gasteiger charge is -2.25. The molecule has 0 heterocycles. The summed E-state index contributed by atoms with van der Waals surface area (Å²) in [4.78, 5) is 12.7. The van der Waals surface area contributed by atoms with Crippen LogP contribution in [0, 0.1) is 13.8 Å². The van der Waals surface area contributed by atoms with Crippen LogP contribution in [0.25, 0.3) is 0 Å². The highest BCUT2D eigenvalue weighted by Crippen LogP contribution is 2.21. The lowest BCUT2D eigenvalue weighted by Crippen LogP contribution is -2.27. The second-order valence-electron chi connectivity index (χ2n) is 4.17. The first-order valence-electron chi connectivity index (χ1n) is 5.69. The molecule has 92 valence electrons. The zero-order valence-corrected chi connectivity index (χ0v) is 10.4. The van der Waals surface area contributed by atoms with Crippen molar-refractivity contribution in [2.24, 2.45) is 0 Å². The zero-order chi connectivity index (χ0) is 12.8. The molecule has 3 heteroatoms. The fourth-order valence-corrected chi connectivity index (χ4v) is 1.76. The minimum absolute atomic E-state index is 0.140. The van der Waals surface area contributed by atoms with E-state index < -0.39 is 5.97 Å². The fourth-order valence-electron chi connectivity index (χ4n) is 1.76. The van der Waals surface area contributed by atoms with Gasteiger partial charge < -0.3 is 10.0 Å². The van der Waals surface area contributed by atoms with E-state index in [2.05, 4.69) is 24.8 Å². The Labute approximate surface area is 102 Å². The van der Waals surface area contributed by atoms with Gasteiger partial charge in [-0.1, -0.05) is 18.2 Å². The summed E-state index contributed by atoms with van der Waals surface area (Å²) in [6.45, 7) is 8.95. The third-order valence-electron chi connectivity index (χ3n) is 2.65. The smallest absolute Gasteiger partial charge is 0.305 e. The first kappa shape index (κ1) is 13.3. The number of rotatable bonds is 6. The fraction of sp³-hybridized carbons (Fsp3) is 0.357. The molecule has 0 aliphatic rings. The van der Waals surface area contributed by atoms with Crippen molar-refractivity contribution in [3.63, 3.8) is 0 Å².